The van der Waals surface area contributed by atoms with E-state index in [1.807, 2.05) is 36.4 Å². The second-order valence-corrected chi connectivity index (χ2v) is 8.71. The lowest BCUT2D eigenvalue weighted by Gasteiger charge is -2.19. The van der Waals surface area contributed by atoms with Gasteiger partial charge < -0.3 is 25.4 Å². The summed E-state index contributed by atoms with van der Waals surface area (Å²) in [5, 5.41) is 32.0. The van der Waals surface area contributed by atoms with Gasteiger partial charge in [0.05, 0.1) is 0 Å². The number of carboxylic acid groups (broad SMARTS) is 1. The number of hydrogen-bond acceptors (Lipinski definition) is 5. The van der Waals surface area contributed by atoms with Crippen LogP contribution in [0.3, 0.4) is 0 Å². The maximum atomic E-state index is 12.3. The van der Waals surface area contributed by atoms with Crippen molar-refractivity contribution in [1.82, 2.24) is 5.32 Å². The van der Waals surface area contributed by atoms with E-state index in [-0.39, 0.29) is 25.5 Å². The number of ether oxygens (including phenoxy) is 1. The van der Waals surface area contributed by atoms with Crippen LogP contribution >= 0.6 is 0 Å². The van der Waals surface area contributed by atoms with Gasteiger partial charge in [0, 0.05) is 18.9 Å². The number of amides is 1. The highest BCUT2D eigenvalue weighted by molar-refractivity contribution is 5.79. The van der Waals surface area contributed by atoms with Crippen molar-refractivity contribution >= 4 is 12.1 Å². The lowest BCUT2D eigenvalue weighted by atomic mass is 9.98. The first-order valence-corrected chi connectivity index (χ1v) is 11.7. The SMILES string of the molecule is O=C(O)CCCc1ccc(C(O)C(O)CNC(=O)OCC2c3ccccc3-c3ccccc32)cc1. The number of hydrogen-bond donors (Lipinski definition) is 4. The van der Waals surface area contributed by atoms with Gasteiger partial charge in [-0.05, 0) is 46.2 Å². The molecule has 7 heteroatoms. The molecule has 3 aromatic carbocycles. The van der Waals surface area contributed by atoms with Gasteiger partial charge in [-0.3, -0.25) is 4.79 Å². The Labute approximate surface area is 204 Å². The van der Waals surface area contributed by atoms with Crippen LogP contribution in [0.4, 0.5) is 4.79 Å². The summed E-state index contributed by atoms with van der Waals surface area (Å²) < 4.78 is 5.46. The van der Waals surface area contributed by atoms with Crippen LogP contribution in [0.15, 0.2) is 72.8 Å². The fourth-order valence-corrected chi connectivity index (χ4v) is 4.50. The highest BCUT2D eigenvalue weighted by Crippen LogP contribution is 2.44. The Balaban J connectivity index is 1.26. The number of carbonyl (C=O) groups is 2. The van der Waals surface area contributed by atoms with Crippen molar-refractivity contribution in [2.24, 2.45) is 0 Å². The summed E-state index contributed by atoms with van der Waals surface area (Å²) in [5.41, 5.74) is 5.97. The number of aliphatic hydroxyl groups excluding tert-OH is 2. The number of carbonyl (C=O) groups excluding carboxylic acids is 1. The molecule has 0 spiro atoms. The molecule has 182 valence electrons. The number of aliphatic carboxylic acids is 1. The fraction of sp³-hybridized carbons (Fsp3) is 0.286. The molecule has 4 rings (SSSR count). The van der Waals surface area contributed by atoms with Crippen LogP contribution < -0.4 is 5.32 Å². The fourth-order valence-electron chi connectivity index (χ4n) is 4.50. The Kier molecular flexibility index (Phi) is 7.80. The first kappa shape index (κ1) is 24.4. The summed E-state index contributed by atoms with van der Waals surface area (Å²) in [6.07, 6.45) is -1.81. The Morgan fingerprint density at radius 1 is 0.886 bits per heavy atom. The van der Waals surface area contributed by atoms with Crippen LogP contribution in [0.25, 0.3) is 11.1 Å². The number of rotatable bonds is 10. The van der Waals surface area contributed by atoms with Gasteiger partial charge in [-0.15, -0.1) is 0 Å². The molecule has 1 aliphatic carbocycles. The third-order valence-corrected chi connectivity index (χ3v) is 6.34. The monoisotopic (exact) mass is 475 g/mol. The Hall–Kier alpha value is -3.68. The van der Waals surface area contributed by atoms with E-state index in [2.05, 4.69) is 17.4 Å². The van der Waals surface area contributed by atoms with Crippen molar-refractivity contribution in [2.75, 3.05) is 13.2 Å². The van der Waals surface area contributed by atoms with Gasteiger partial charge in [-0.25, -0.2) is 4.79 Å². The number of alkyl carbamates (subject to hydrolysis) is 1. The molecule has 1 aliphatic rings. The van der Waals surface area contributed by atoms with Crippen molar-refractivity contribution in [2.45, 2.75) is 37.4 Å². The lowest BCUT2D eigenvalue weighted by molar-refractivity contribution is -0.137. The van der Waals surface area contributed by atoms with Crippen molar-refractivity contribution in [3.05, 3.63) is 95.1 Å². The van der Waals surface area contributed by atoms with Crippen LogP contribution in [0.5, 0.6) is 0 Å². The van der Waals surface area contributed by atoms with Crippen LogP contribution in [0.2, 0.25) is 0 Å². The zero-order valence-corrected chi connectivity index (χ0v) is 19.3. The molecule has 0 saturated heterocycles. The van der Waals surface area contributed by atoms with Gasteiger partial charge in [0.2, 0.25) is 0 Å². The van der Waals surface area contributed by atoms with Crippen molar-refractivity contribution in [3.8, 4) is 11.1 Å². The lowest BCUT2D eigenvalue weighted by Crippen LogP contribution is -2.36. The first-order valence-electron chi connectivity index (χ1n) is 11.7. The Bertz CT molecular complexity index is 1130. The maximum absolute atomic E-state index is 12.3. The quantitative estimate of drug-likeness (QED) is 0.352. The largest absolute Gasteiger partial charge is 0.481 e. The highest BCUT2D eigenvalue weighted by atomic mass is 16.5. The van der Waals surface area contributed by atoms with Crippen LogP contribution in [0.1, 0.15) is 47.1 Å². The molecular formula is C28H29NO6. The minimum atomic E-state index is -1.21. The van der Waals surface area contributed by atoms with Gasteiger partial charge in [-0.2, -0.15) is 0 Å². The standard InChI is InChI=1S/C28H29NO6/c30-25(27(33)19-14-12-18(13-15-19)6-5-11-26(31)32)16-29-28(34)35-17-24-22-9-3-1-7-20(22)21-8-2-4-10-23(21)24/h1-4,7-10,12-15,24-25,27,30,33H,5-6,11,16-17H2,(H,29,34)(H,31,32). The number of fused-ring (bicyclic) bond motifs is 3. The van der Waals surface area contributed by atoms with E-state index < -0.39 is 24.3 Å². The molecule has 0 bridgehead atoms. The summed E-state index contributed by atoms with van der Waals surface area (Å²) in [6.45, 7) is 0.0000525. The molecule has 0 heterocycles. The van der Waals surface area contributed by atoms with Gasteiger partial charge in [0.15, 0.2) is 0 Å². The number of carboxylic acids is 1. The summed E-state index contributed by atoms with van der Waals surface area (Å²) in [5.74, 6) is -0.887. The van der Waals surface area contributed by atoms with E-state index in [9.17, 15) is 19.8 Å². The van der Waals surface area contributed by atoms with Crippen molar-refractivity contribution < 1.29 is 29.6 Å². The van der Waals surface area contributed by atoms with E-state index in [1.165, 1.54) is 0 Å². The maximum Gasteiger partial charge on any atom is 0.407 e. The second kappa shape index (κ2) is 11.2. The zero-order chi connectivity index (χ0) is 24.8. The minimum Gasteiger partial charge on any atom is -0.481 e. The molecule has 35 heavy (non-hydrogen) atoms. The van der Waals surface area contributed by atoms with Crippen molar-refractivity contribution in [3.63, 3.8) is 0 Å². The van der Waals surface area contributed by atoms with E-state index in [4.69, 9.17) is 9.84 Å². The third kappa shape index (κ3) is 5.88. The van der Waals surface area contributed by atoms with E-state index in [0.717, 1.165) is 27.8 Å². The second-order valence-electron chi connectivity index (χ2n) is 8.71. The number of nitrogens with one attached hydrogen (secondary N) is 1. The summed E-state index contributed by atoms with van der Waals surface area (Å²) in [4.78, 5) is 22.9. The average Bonchev–Trinajstić information content (AvgIpc) is 3.19. The predicted molar refractivity (Wildman–Crippen MR) is 131 cm³/mol. The molecular weight excluding hydrogens is 446 g/mol. The summed E-state index contributed by atoms with van der Waals surface area (Å²) in [7, 11) is 0. The molecule has 2 unspecified atom stereocenters. The molecule has 0 radical (unpaired) electrons. The van der Waals surface area contributed by atoms with Crippen LogP contribution in [0, 0.1) is 0 Å². The molecule has 2 atom stereocenters. The molecule has 0 fully saturated rings. The van der Waals surface area contributed by atoms with E-state index in [0.29, 0.717) is 18.4 Å². The average molecular weight is 476 g/mol. The van der Waals surface area contributed by atoms with Crippen LogP contribution in [-0.2, 0) is 16.0 Å². The molecule has 1 amide bonds. The normalized spacial score (nSPS) is 14.0. The molecule has 0 aromatic heterocycles. The molecule has 0 aliphatic heterocycles. The van der Waals surface area contributed by atoms with Crippen molar-refractivity contribution in [1.29, 1.82) is 0 Å². The molecule has 0 saturated carbocycles. The third-order valence-electron chi connectivity index (χ3n) is 6.34. The van der Waals surface area contributed by atoms with E-state index >= 15 is 0 Å². The predicted octanol–water partition coefficient (Wildman–Crippen LogP) is 4.03. The van der Waals surface area contributed by atoms with Gasteiger partial charge >= 0.3 is 12.1 Å². The Morgan fingerprint density at radius 3 is 2.09 bits per heavy atom. The molecule has 3 aromatic rings. The molecule has 7 nitrogen and oxygen atoms in total. The smallest absolute Gasteiger partial charge is 0.407 e. The first-order chi connectivity index (χ1) is 16.9. The van der Waals surface area contributed by atoms with Gasteiger partial charge in [0.25, 0.3) is 0 Å². The Morgan fingerprint density at radius 2 is 1.49 bits per heavy atom. The number of aryl methyl sites for hydroxylation is 1. The highest BCUT2D eigenvalue weighted by Gasteiger charge is 2.29. The topological polar surface area (TPSA) is 116 Å². The number of benzene rings is 3. The zero-order valence-electron chi connectivity index (χ0n) is 19.3. The van der Waals surface area contributed by atoms with Crippen LogP contribution in [-0.4, -0.2) is 46.6 Å². The van der Waals surface area contributed by atoms with E-state index in [1.54, 1.807) is 24.3 Å². The minimum absolute atomic E-state index is 0.0577. The summed E-state index contributed by atoms with van der Waals surface area (Å²) >= 11 is 0. The van der Waals surface area contributed by atoms with Gasteiger partial charge in [-0.1, -0.05) is 72.8 Å². The summed E-state index contributed by atoms with van der Waals surface area (Å²) in [6, 6.07) is 23.1. The molecule has 4 N–H and O–H groups in total. The number of aliphatic hydroxyl groups is 2. The van der Waals surface area contributed by atoms with Gasteiger partial charge in [0.1, 0.15) is 18.8 Å².